The fraction of sp³-hybridized carbons (Fsp3) is 0.727. The summed E-state index contributed by atoms with van der Waals surface area (Å²) in [7, 11) is -3.00. The molecule has 3 aliphatic heterocycles. The van der Waals surface area contributed by atoms with Crippen LogP contribution in [0.4, 0.5) is 0 Å². The first kappa shape index (κ1) is 18.9. The maximum Gasteiger partial charge on any atom is 0.150 e. The zero-order valence-corrected chi connectivity index (χ0v) is 17.3. The standard InChI is InChI=1S/C22H31NO4S/c24-22(10-14-28(25,26)15-11-22)18-4-5-20-17(16-18)6-7-21(27-20)8-12-23(13-9-21)19-2-1-3-19/h4-5,16,19,24H,1-3,6-15H2. The summed E-state index contributed by atoms with van der Waals surface area (Å²) in [6, 6.07) is 6.82. The van der Waals surface area contributed by atoms with E-state index in [4.69, 9.17) is 4.74 Å². The highest BCUT2D eigenvalue weighted by molar-refractivity contribution is 7.91. The highest BCUT2D eigenvalue weighted by Gasteiger charge is 2.42. The van der Waals surface area contributed by atoms with E-state index in [1.54, 1.807) is 0 Å². The van der Waals surface area contributed by atoms with Gasteiger partial charge in [-0.25, -0.2) is 8.42 Å². The normalized spacial score (nSPS) is 28.9. The summed E-state index contributed by atoms with van der Waals surface area (Å²) in [6.07, 6.45) is 8.91. The average Bonchev–Trinajstić information content (AvgIpc) is 2.65. The number of benzene rings is 1. The molecule has 1 aliphatic carbocycles. The lowest BCUT2D eigenvalue weighted by atomic mass is 9.80. The highest BCUT2D eigenvalue weighted by Crippen LogP contribution is 2.43. The van der Waals surface area contributed by atoms with Gasteiger partial charge in [-0.1, -0.05) is 12.5 Å². The molecule has 1 N–H and O–H groups in total. The molecule has 5 nitrogen and oxygen atoms in total. The van der Waals surface area contributed by atoms with Gasteiger partial charge in [0, 0.05) is 19.1 Å². The number of sulfone groups is 1. The van der Waals surface area contributed by atoms with Gasteiger partial charge in [0.15, 0.2) is 9.84 Å². The molecule has 1 aromatic rings. The van der Waals surface area contributed by atoms with Gasteiger partial charge in [-0.3, -0.25) is 0 Å². The van der Waals surface area contributed by atoms with Crippen LogP contribution in [-0.4, -0.2) is 54.7 Å². The summed E-state index contributed by atoms with van der Waals surface area (Å²) < 4.78 is 30.0. The number of aryl methyl sites for hydroxylation is 1. The Balaban J connectivity index is 1.29. The van der Waals surface area contributed by atoms with Gasteiger partial charge >= 0.3 is 0 Å². The predicted molar refractivity (Wildman–Crippen MR) is 108 cm³/mol. The van der Waals surface area contributed by atoms with E-state index in [1.807, 2.05) is 12.1 Å². The smallest absolute Gasteiger partial charge is 0.150 e. The second-order valence-electron chi connectivity index (χ2n) is 9.41. The molecule has 4 aliphatic rings. The minimum absolute atomic E-state index is 0.0232. The SMILES string of the molecule is O=S1(=O)CCC(O)(c2ccc3c(c2)CCC2(CCN(C4CCC4)CC2)O3)CC1. The molecule has 154 valence electrons. The van der Waals surface area contributed by atoms with E-state index in [9.17, 15) is 13.5 Å². The molecule has 1 aromatic carbocycles. The third-order valence-corrected chi connectivity index (χ3v) is 9.38. The molecule has 5 rings (SSSR count). The second kappa shape index (κ2) is 6.71. The van der Waals surface area contributed by atoms with Crippen molar-refractivity contribution in [3.05, 3.63) is 29.3 Å². The Hall–Kier alpha value is -1.11. The highest BCUT2D eigenvalue weighted by atomic mass is 32.2. The van der Waals surface area contributed by atoms with Crippen molar-refractivity contribution < 1.29 is 18.3 Å². The zero-order chi connectivity index (χ0) is 19.4. The Labute approximate surface area is 168 Å². The molecule has 0 unspecified atom stereocenters. The maximum atomic E-state index is 11.7. The molecular formula is C22H31NO4S. The van der Waals surface area contributed by atoms with Gasteiger partial charge in [-0.05, 0) is 74.6 Å². The van der Waals surface area contributed by atoms with Gasteiger partial charge in [-0.15, -0.1) is 0 Å². The number of fused-ring (bicyclic) bond motifs is 1. The molecular weight excluding hydrogens is 374 g/mol. The number of likely N-dealkylation sites (tertiary alicyclic amines) is 1. The monoisotopic (exact) mass is 405 g/mol. The number of rotatable bonds is 2. The van der Waals surface area contributed by atoms with Gasteiger partial charge in [0.2, 0.25) is 0 Å². The third-order valence-electron chi connectivity index (χ3n) is 7.73. The number of ether oxygens (including phenoxy) is 1. The summed E-state index contributed by atoms with van der Waals surface area (Å²) in [6.45, 7) is 2.29. The molecule has 0 amide bonds. The molecule has 1 saturated carbocycles. The molecule has 3 heterocycles. The van der Waals surface area contributed by atoms with Gasteiger partial charge in [0.05, 0.1) is 17.1 Å². The number of piperidine rings is 1. The molecule has 0 aromatic heterocycles. The van der Waals surface area contributed by atoms with Gasteiger partial charge in [-0.2, -0.15) is 0 Å². The van der Waals surface area contributed by atoms with E-state index in [-0.39, 0.29) is 29.9 Å². The van der Waals surface area contributed by atoms with E-state index in [0.717, 1.165) is 61.7 Å². The van der Waals surface area contributed by atoms with Crippen molar-refractivity contribution in [2.45, 2.75) is 75.0 Å². The minimum atomic E-state index is -3.00. The van der Waals surface area contributed by atoms with Crippen molar-refractivity contribution in [3.63, 3.8) is 0 Å². The van der Waals surface area contributed by atoms with Crippen LogP contribution in [0.2, 0.25) is 0 Å². The van der Waals surface area contributed by atoms with Crippen LogP contribution in [0.15, 0.2) is 18.2 Å². The van der Waals surface area contributed by atoms with Crippen molar-refractivity contribution in [1.29, 1.82) is 0 Å². The molecule has 1 spiro atoms. The van der Waals surface area contributed by atoms with Crippen molar-refractivity contribution >= 4 is 9.84 Å². The predicted octanol–water partition coefficient (Wildman–Crippen LogP) is 2.79. The first-order chi connectivity index (χ1) is 13.4. The number of aliphatic hydroxyl groups is 1. The van der Waals surface area contributed by atoms with E-state index in [0.29, 0.717) is 0 Å². The van der Waals surface area contributed by atoms with Crippen molar-refractivity contribution in [2.75, 3.05) is 24.6 Å². The Morgan fingerprint density at radius 2 is 1.75 bits per heavy atom. The third kappa shape index (κ3) is 3.37. The fourth-order valence-electron chi connectivity index (χ4n) is 5.38. The van der Waals surface area contributed by atoms with Gasteiger partial charge in [0.1, 0.15) is 11.4 Å². The van der Waals surface area contributed by atoms with E-state index in [1.165, 1.54) is 19.3 Å². The van der Waals surface area contributed by atoms with Crippen LogP contribution in [0.5, 0.6) is 5.75 Å². The van der Waals surface area contributed by atoms with Crippen LogP contribution in [0.1, 0.15) is 62.5 Å². The van der Waals surface area contributed by atoms with E-state index in [2.05, 4.69) is 11.0 Å². The van der Waals surface area contributed by atoms with Crippen LogP contribution < -0.4 is 4.74 Å². The Bertz CT molecular complexity index is 839. The Morgan fingerprint density at radius 1 is 1.04 bits per heavy atom. The molecule has 2 saturated heterocycles. The van der Waals surface area contributed by atoms with E-state index < -0.39 is 15.4 Å². The lowest BCUT2D eigenvalue weighted by molar-refractivity contribution is -0.0339. The largest absolute Gasteiger partial charge is 0.487 e. The quantitative estimate of drug-likeness (QED) is 0.820. The molecule has 0 bridgehead atoms. The van der Waals surface area contributed by atoms with Crippen LogP contribution in [-0.2, 0) is 21.9 Å². The van der Waals surface area contributed by atoms with Crippen molar-refractivity contribution in [1.82, 2.24) is 4.90 Å². The number of hydrogen-bond donors (Lipinski definition) is 1. The summed E-state index contributed by atoms with van der Waals surface area (Å²) in [5.41, 5.74) is 0.959. The minimum Gasteiger partial charge on any atom is -0.487 e. The summed E-state index contributed by atoms with van der Waals surface area (Å²) in [4.78, 5) is 2.66. The van der Waals surface area contributed by atoms with Crippen LogP contribution in [0.3, 0.4) is 0 Å². The first-order valence-corrected chi connectivity index (χ1v) is 12.7. The summed E-state index contributed by atoms with van der Waals surface area (Å²) in [5.74, 6) is 1.09. The lowest BCUT2D eigenvalue weighted by Gasteiger charge is -2.48. The second-order valence-corrected chi connectivity index (χ2v) is 11.7. The van der Waals surface area contributed by atoms with E-state index >= 15 is 0 Å². The molecule has 6 heteroatoms. The number of hydrogen-bond acceptors (Lipinski definition) is 5. The zero-order valence-electron chi connectivity index (χ0n) is 16.5. The van der Waals surface area contributed by atoms with Crippen molar-refractivity contribution in [3.8, 4) is 5.75 Å². The van der Waals surface area contributed by atoms with Crippen LogP contribution in [0, 0.1) is 0 Å². The Morgan fingerprint density at radius 3 is 2.39 bits per heavy atom. The Kier molecular flexibility index (Phi) is 4.53. The summed E-state index contributed by atoms with van der Waals surface area (Å²) >= 11 is 0. The number of nitrogens with zero attached hydrogens (tertiary/aromatic N) is 1. The maximum absolute atomic E-state index is 11.7. The molecule has 0 radical (unpaired) electrons. The van der Waals surface area contributed by atoms with Crippen LogP contribution >= 0.6 is 0 Å². The van der Waals surface area contributed by atoms with Gasteiger partial charge < -0.3 is 14.7 Å². The molecule has 0 atom stereocenters. The molecule has 28 heavy (non-hydrogen) atoms. The van der Waals surface area contributed by atoms with Crippen LogP contribution in [0.25, 0.3) is 0 Å². The fourth-order valence-corrected chi connectivity index (χ4v) is 6.88. The molecule has 3 fully saturated rings. The topological polar surface area (TPSA) is 66.8 Å². The average molecular weight is 406 g/mol. The van der Waals surface area contributed by atoms with Gasteiger partial charge in [0.25, 0.3) is 0 Å². The first-order valence-electron chi connectivity index (χ1n) is 10.9. The lowest BCUT2D eigenvalue weighted by Crippen LogP contribution is -2.53. The summed E-state index contributed by atoms with van der Waals surface area (Å²) in [5, 5.41) is 11.0. The van der Waals surface area contributed by atoms with Crippen molar-refractivity contribution in [2.24, 2.45) is 0 Å².